The Hall–Kier alpha value is -1.52. The van der Waals surface area contributed by atoms with Gasteiger partial charge in [-0.05, 0) is 37.5 Å². The van der Waals surface area contributed by atoms with Crippen LogP contribution in [0.5, 0.6) is 0 Å². The standard InChI is InChI=1S/C17H29NO4/c1-11(2)14-7-6-13(5)10-15(14)22-17(20)18-8-9-21-16(19)12(3)4/h11,13-15H,3,6-10H2,1-2,4-5H3,(H,18,20)/t13-,14+,15-/m1/s1. The molecule has 1 aliphatic carbocycles. The van der Waals surface area contributed by atoms with Gasteiger partial charge in [-0.15, -0.1) is 0 Å². The minimum absolute atomic E-state index is 0.0262. The van der Waals surface area contributed by atoms with Crippen molar-refractivity contribution in [3.63, 3.8) is 0 Å². The summed E-state index contributed by atoms with van der Waals surface area (Å²) in [6, 6.07) is 0. The summed E-state index contributed by atoms with van der Waals surface area (Å²) < 4.78 is 10.5. The van der Waals surface area contributed by atoms with E-state index in [1.54, 1.807) is 6.92 Å². The van der Waals surface area contributed by atoms with Gasteiger partial charge in [-0.1, -0.05) is 33.8 Å². The van der Waals surface area contributed by atoms with Crippen LogP contribution >= 0.6 is 0 Å². The second-order valence-electron chi connectivity index (χ2n) is 6.61. The van der Waals surface area contributed by atoms with Gasteiger partial charge in [0.2, 0.25) is 0 Å². The van der Waals surface area contributed by atoms with Crippen molar-refractivity contribution in [2.45, 2.75) is 53.1 Å². The van der Waals surface area contributed by atoms with Crippen molar-refractivity contribution in [2.75, 3.05) is 13.2 Å². The Labute approximate surface area is 133 Å². The molecule has 0 radical (unpaired) electrons. The first kappa shape index (κ1) is 18.5. The van der Waals surface area contributed by atoms with Gasteiger partial charge in [-0.25, -0.2) is 9.59 Å². The normalized spacial score (nSPS) is 24.7. The molecular formula is C17H29NO4. The van der Waals surface area contributed by atoms with Crippen LogP contribution in [0.2, 0.25) is 0 Å². The average molecular weight is 311 g/mol. The fourth-order valence-corrected chi connectivity index (χ4v) is 2.85. The monoisotopic (exact) mass is 311 g/mol. The third-order valence-corrected chi connectivity index (χ3v) is 4.17. The fourth-order valence-electron chi connectivity index (χ4n) is 2.85. The van der Waals surface area contributed by atoms with Crippen molar-refractivity contribution in [2.24, 2.45) is 17.8 Å². The van der Waals surface area contributed by atoms with Crippen molar-refractivity contribution < 1.29 is 19.1 Å². The molecule has 0 saturated heterocycles. The first-order valence-electron chi connectivity index (χ1n) is 8.08. The molecule has 0 aromatic rings. The molecule has 0 heterocycles. The maximum atomic E-state index is 11.9. The number of alkyl carbamates (subject to hydrolysis) is 1. The summed E-state index contributed by atoms with van der Waals surface area (Å²) in [5.41, 5.74) is 0.346. The van der Waals surface area contributed by atoms with E-state index in [0.29, 0.717) is 23.3 Å². The quantitative estimate of drug-likeness (QED) is 0.464. The minimum Gasteiger partial charge on any atom is -0.460 e. The van der Waals surface area contributed by atoms with Crippen LogP contribution < -0.4 is 5.32 Å². The number of ether oxygens (including phenoxy) is 2. The molecule has 1 rings (SSSR count). The topological polar surface area (TPSA) is 64.6 Å². The summed E-state index contributed by atoms with van der Waals surface area (Å²) in [7, 11) is 0. The molecule has 1 amide bonds. The van der Waals surface area contributed by atoms with Crippen LogP contribution in [0.25, 0.3) is 0 Å². The Balaban J connectivity index is 2.33. The Kier molecular flexibility index (Phi) is 7.42. The van der Waals surface area contributed by atoms with Crippen molar-refractivity contribution in [1.82, 2.24) is 5.32 Å². The Morgan fingerprint density at radius 2 is 2.00 bits per heavy atom. The van der Waals surface area contributed by atoms with E-state index in [1.807, 2.05) is 0 Å². The zero-order valence-corrected chi connectivity index (χ0v) is 14.2. The molecule has 3 atom stereocenters. The summed E-state index contributed by atoms with van der Waals surface area (Å²) in [6.45, 7) is 12.0. The summed E-state index contributed by atoms with van der Waals surface area (Å²) in [5, 5.41) is 2.63. The molecule has 1 saturated carbocycles. The first-order chi connectivity index (χ1) is 10.3. The third-order valence-electron chi connectivity index (χ3n) is 4.17. The third kappa shape index (κ3) is 6.08. The number of carbonyl (C=O) groups is 2. The van der Waals surface area contributed by atoms with Gasteiger partial charge in [-0.3, -0.25) is 0 Å². The lowest BCUT2D eigenvalue weighted by Gasteiger charge is -2.36. The van der Waals surface area contributed by atoms with E-state index in [1.165, 1.54) is 6.42 Å². The van der Waals surface area contributed by atoms with Crippen LogP contribution in [0, 0.1) is 17.8 Å². The molecule has 0 spiro atoms. The molecule has 1 aliphatic rings. The largest absolute Gasteiger partial charge is 0.460 e. The molecule has 0 aromatic carbocycles. The highest BCUT2D eigenvalue weighted by atomic mass is 16.6. The maximum Gasteiger partial charge on any atom is 0.407 e. The lowest BCUT2D eigenvalue weighted by atomic mass is 9.75. The summed E-state index contributed by atoms with van der Waals surface area (Å²) in [6.07, 6.45) is 2.76. The van der Waals surface area contributed by atoms with Gasteiger partial charge < -0.3 is 14.8 Å². The average Bonchev–Trinajstić information content (AvgIpc) is 2.42. The second-order valence-corrected chi connectivity index (χ2v) is 6.61. The van der Waals surface area contributed by atoms with Gasteiger partial charge in [0.05, 0.1) is 6.54 Å². The maximum absolute atomic E-state index is 11.9. The second kappa shape index (κ2) is 8.81. The van der Waals surface area contributed by atoms with Gasteiger partial charge in [0, 0.05) is 5.57 Å². The molecule has 0 bridgehead atoms. The molecular weight excluding hydrogens is 282 g/mol. The molecule has 22 heavy (non-hydrogen) atoms. The van der Waals surface area contributed by atoms with Gasteiger partial charge in [0.15, 0.2) is 0 Å². The molecule has 1 N–H and O–H groups in total. The number of hydrogen-bond donors (Lipinski definition) is 1. The Morgan fingerprint density at radius 1 is 1.32 bits per heavy atom. The van der Waals surface area contributed by atoms with E-state index in [2.05, 4.69) is 32.7 Å². The van der Waals surface area contributed by atoms with Crippen molar-refractivity contribution >= 4 is 12.1 Å². The molecule has 0 unspecified atom stereocenters. The van der Waals surface area contributed by atoms with E-state index in [-0.39, 0.29) is 19.3 Å². The highest BCUT2D eigenvalue weighted by Gasteiger charge is 2.33. The highest BCUT2D eigenvalue weighted by Crippen LogP contribution is 2.35. The van der Waals surface area contributed by atoms with E-state index in [9.17, 15) is 9.59 Å². The van der Waals surface area contributed by atoms with Crippen LogP contribution in [0.1, 0.15) is 47.0 Å². The fraction of sp³-hybridized carbons (Fsp3) is 0.765. The lowest BCUT2D eigenvalue weighted by Crippen LogP contribution is -2.39. The zero-order valence-electron chi connectivity index (χ0n) is 14.2. The van der Waals surface area contributed by atoms with E-state index in [0.717, 1.165) is 12.8 Å². The lowest BCUT2D eigenvalue weighted by molar-refractivity contribution is -0.138. The highest BCUT2D eigenvalue weighted by molar-refractivity contribution is 5.86. The first-order valence-corrected chi connectivity index (χ1v) is 8.08. The van der Waals surface area contributed by atoms with Crippen LogP contribution in [-0.4, -0.2) is 31.3 Å². The molecule has 5 nitrogen and oxygen atoms in total. The predicted octanol–water partition coefficient (Wildman–Crippen LogP) is 3.29. The van der Waals surface area contributed by atoms with Crippen LogP contribution in [-0.2, 0) is 14.3 Å². The number of carbonyl (C=O) groups excluding carboxylic acids is 2. The SMILES string of the molecule is C=C(C)C(=O)OCCNC(=O)O[C@@H]1C[C@H](C)CC[C@H]1C(C)C. The Bertz CT molecular complexity index is 405. The number of esters is 1. The molecule has 0 aliphatic heterocycles. The van der Waals surface area contributed by atoms with Gasteiger partial charge in [0.25, 0.3) is 0 Å². The number of nitrogens with one attached hydrogen (secondary N) is 1. The van der Waals surface area contributed by atoms with Crippen LogP contribution in [0.3, 0.4) is 0 Å². The predicted molar refractivity (Wildman–Crippen MR) is 85.4 cm³/mol. The number of amides is 1. The van der Waals surface area contributed by atoms with E-state index < -0.39 is 12.1 Å². The van der Waals surface area contributed by atoms with Crippen LogP contribution in [0.15, 0.2) is 12.2 Å². The van der Waals surface area contributed by atoms with E-state index in [4.69, 9.17) is 9.47 Å². The summed E-state index contributed by atoms with van der Waals surface area (Å²) >= 11 is 0. The van der Waals surface area contributed by atoms with Crippen molar-refractivity contribution in [3.05, 3.63) is 12.2 Å². The summed E-state index contributed by atoms with van der Waals surface area (Å²) in [5.74, 6) is 1.06. The number of rotatable bonds is 6. The van der Waals surface area contributed by atoms with Gasteiger partial charge in [0.1, 0.15) is 12.7 Å². The molecule has 5 heteroatoms. The minimum atomic E-state index is -0.448. The molecule has 126 valence electrons. The summed E-state index contributed by atoms with van der Waals surface area (Å²) in [4.78, 5) is 23.1. The smallest absolute Gasteiger partial charge is 0.407 e. The molecule has 0 aromatic heterocycles. The van der Waals surface area contributed by atoms with Gasteiger partial charge >= 0.3 is 12.1 Å². The Morgan fingerprint density at radius 3 is 2.59 bits per heavy atom. The van der Waals surface area contributed by atoms with Crippen molar-refractivity contribution in [3.8, 4) is 0 Å². The zero-order chi connectivity index (χ0) is 16.7. The van der Waals surface area contributed by atoms with Crippen LogP contribution in [0.4, 0.5) is 4.79 Å². The molecule has 1 fully saturated rings. The number of hydrogen-bond acceptors (Lipinski definition) is 4. The van der Waals surface area contributed by atoms with Crippen molar-refractivity contribution in [1.29, 1.82) is 0 Å². The van der Waals surface area contributed by atoms with Gasteiger partial charge in [-0.2, -0.15) is 0 Å². The van der Waals surface area contributed by atoms with E-state index >= 15 is 0 Å².